The molecule has 1 saturated heterocycles. The van der Waals surface area contributed by atoms with Gasteiger partial charge < -0.3 is 43.0 Å². The summed E-state index contributed by atoms with van der Waals surface area (Å²) in [5.41, 5.74) is 13.9. The Morgan fingerprint density at radius 1 is 0.727 bits per heavy atom. The molecule has 0 spiro atoms. The van der Waals surface area contributed by atoms with Crippen LogP contribution in [0, 0.1) is 0 Å². The highest BCUT2D eigenvalue weighted by Crippen LogP contribution is 2.27. The van der Waals surface area contributed by atoms with Gasteiger partial charge in [-0.3, -0.25) is 24.0 Å². The van der Waals surface area contributed by atoms with Crippen LogP contribution >= 0.6 is 11.3 Å². The monoisotopic (exact) mass is 764 g/mol. The maximum absolute atomic E-state index is 14.5. The molecule has 5 amide bonds. The summed E-state index contributed by atoms with van der Waals surface area (Å²) in [5.74, 6) is -2.91. The fourth-order valence-electron chi connectivity index (χ4n) is 7.03. The maximum atomic E-state index is 14.5. The number of benzene rings is 3. The molecule has 0 radical (unpaired) electrons. The van der Waals surface area contributed by atoms with Crippen LogP contribution in [-0.4, -0.2) is 77.3 Å². The second kappa shape index (κ2) is 17.7. The van der Waals surface area contributed by atoms with E-state index in [1.54, 1.807) is 13.1 Å². The van der Waals surface area contributed by atoms with E-state index in [-0.39, 0.29) is 19.3 Å². The van der Waals surface area contributed by atoms with Crippen molar-refractivity contribution >= 4 is 61.9 Å². The van der Waals surface area contributed by atoms with Gasteiger partial charge in [-0.25, -0.2) is 0 Å². The van der Waals surface area contributed by atoms with Gasteiger partial charge in [0.25, 0.3) is 0 Å². The molecular weight excluding hydrogens is 717 g/mol. The largest absolute Gasteiger partial charge is 0.368 e. The number of aromatic amines is 1. The van der Waals surface area contributed by atoms with Crippen molar-refractivity contribution < 1.29 is 24.0 Å². The lowest BCUT2D eigenvalue weighted by molar-refractivity contribution is -0.136. The number of carbonyl (C=O) groups excluding carboxylic acids is 5. The molecule has 55 heavy (non-hydrogen) atoms. The zero-order valence-corrected chi connectivity index (χ0v) is 31.5. The van der Waals surface area contributed by atoms with Crippen LogP contribution in [0.3, 0.4) is 0 Å². The number of piperidine rings is 1. The first-order chi connectivity index (χ1) is 26.6. The minimum Gasteiger partial charge on any atom is -0.368 e. The third-order valence-electron chi connectivity index (χ3n) is 10.3. The smallest absolute Gasteiger partial charge is 0.243 e. The molecule has 2 aromatic heterocycles. The fourth-order valence-corrected chi connectivity index (χ4v) is 8.00. The Kier molecular flexibility index (Phi) is 12.6. The number of fused-ring (bicyclic) bond motifs is 2. The molecule has 6 rings (SSSR count). The van der Waals surface area contributed by atoms with Gasteiger partial charge in [0.15, 0.2) is 0 Å². The molecule has 1 aliphatic heterocycles. The number of carbonyl (C=O) groups is 5. The molecule has 0 aliphatic carbocycles. The maximum Gasteiger partial charge on any atom is 0.243 e. The first-order valence-electron chi connectivity index (χ1n) is 18.6. The Labute approximate surface area is 323 Å². The van der Waals surface area contributed by atoms with Crippen molar-refractivity contribution in [3.8, 4) is 0 Å². The van der Waals surface area contributed by atoms with Crippen LogP contribution < -0.4 is 38.1 Å². The molecule has 3 aromatic carbocycles. The molecule has 10 N–H and O–H groups in total. The van der Waals surface area contributed by atoms with Gasteiger partial charge in [0.1, 0.15) is 23.7 Å². The standard InChI is InChI=1S/C41H48N8O5S/c1-2-30(42)36(50)46-34(22-27-24-55-35-15-9-7-13-29(27)35)38(52)48-33(21-26-23-45-31-14-8-6-12-28(26)31)37(51)47-32(20-25-10-4-3-5-11-25)39(53)49-41(40(43)54)16-18-44-19-17-41/h3-15,23-24,30,32-34,44-45H,2,16-22,42H2,1H3,(H2,43,54)(H,46,50)(H,47,51)(H,48,52)(H,49,53)/t30-,32-,33+,34+/m0/s1. The van der Waals surface area contributed by atoms with Gasteiger partial charge in [-0.2, -0.15) is 0 Å². The number of nitrogens with two attached hydrogens (primary N) is 2. The van der Waals surface area contributed by atoms with Gasteiger partial charge in [0.2, 0.25) is 29.5 Å². The molecule has 4 atom stereocenters. The number of hydrogen-bond donors (Lipinski definition) is 8. The van der Waals surface area contributed by atoms with Crippen molar-refractivity contribution in [2.24, 2.45) is 11.5 Å². The molecule has 1 aliphatic rings. The number of aromatic nitrogens is 1. The van der Waals surface area contributed by atoms with Crippen LogP contribution in [0.15, 0.2) is 90.4 Å². The quantitative estimate of drug-likeness (QED) is 0.0751. The van der Waals surface area contributed by atoms with Crippen molar-refractivity contribution in [1.29, 1.82) is 0 Å². The number of H-pyrrole nitrogens is 1. The summed E-state index contributed by atoms with van der Waals surface area (Å²) in [6.45, 7) is 2.76. The average molecular weight is 765 g/mol. The van der Waals surface area contributed by atoms with E-state index in [4.69, 9.17) is 11.5 Å². The van der Waals surface area contributed by atoms with Crippen molar-refractivity contribution in [2.75, 3.05) is 13.1 Å². The minimum absolute atomic E-state index is 0.0642. The Morgan fingerprint density at radius 3 is 1.98 bits per heavy atom. The highest BCUT2D eigenvalue weighted by atomic mass is 32.1. The molecule has 0 unspecified atom stereocenters. The van der Waals surface area contributed by atoms with Crippen molar-refractivity contribution in [2.45, 2.75) is 75.2 Å². The van der Waals surface area contributed by atoms with Crippen LogP contribution in [0.2, 0.25) is 0 Å². The summed E-state index contributed by atoms with van der Waals surface area (Å²) in [6.07, 6.45) is 3.08. The number of amides is 5. The summed E-state index contributed by atoms with van der Waals surface area (Å²) in [4.78, 5) is 72.1. The Balaban J connectivity index is 1.31. The molecule has 0 saturated carbocycles. The van der Waals surface area contributed by atoms with E-state index in [1.165, 1.54) is 11.3 Å². The number of rotatable bonds is 16. The lowest BCUT2D eigenvalue weighted by atomic mass is 9.87. The van der Waals surface area contributed by atoms with Gasteiger partial charge in [-0.05, 0) is 71.9 Å². The van der Waals surface area contributed by atoms with Crippen molar-refractivity contribution in [1.82, 2.24) is 31.6 Å². The van der Waals surface area contributed by atoms with E-state index < -0.39 is 59.2 Å². The van der Waals surface area contributed by atoms with E-state index in [2.05, 4.69) is 31.6 Å². The van der Waals surface area contributed by atoms with Crippen LogP contribution in [-0.2, 0) is 43.2 Å². The zero-order valence-electron chi connectivity index (χ0n) is 30.7. The predicted molar refractivity (Wildman–Crippen MR) is 214 cm³/mol. The highest BCUT2D eigenvalue weighted by Gasteiger charge is 2.41. The highest BCUT2D eigenvalue weighted by molar-refractivity contribution is 7.17. The van der Waals surface area contributed by atoms with Crippen LogP contribution in [0.5, 0.6) is 0 Å². The van der Waals surface area contributed by atoms with Crippen LogP contribution in [0.4, 0.5) is 0 Å². The van der Waals surface area contributed by atoms with E-state index in [0.29, 0.717) is 32.4 Å². The van der Waals surface area contributed by atoms with Gasteiger partial charge >= 0.3 is 0 Å². The lowest BCUT2D eigenvalue weighted by Crippen LogP contribution is -2.65. The zero-order chi connectivity index (χ0) is 39.0. The summed E-state index contributed by atoms with van der Waals surface area (Å²) in [5, 5.41) is 18.5. The number of hydrogen-bond acceptors (Lipinski definition) is 8. The third-order valence-corrected chi connectivity index (χ3v) is 11.3. The second-order valence-corrected chi connectivity index (χ2v) is 15.0. The topological polar surface area (TPSA) is 213 Å². The minimum atomic E-state index is -1.28. The SMILES string of the molecule is CC[C@H](N)C(=O)N[C@H](Cc1csc2ccccc12)C(=O)N[C@H](Cc1c[nH]c2ccccc12)C(=O)N[C@@H](Cc1ccccc1)C(=O)NC1(C(N)=O)CCNCC1. The number of thiophene rings is 1. The van der Waals surface area contributed by atoms with Gasteiger partial charge in [0, 0.05) is 41.1 Å². The molecule has 14 heteroatoms. The summed E-state index contributed by atoms with van der Waals surface area (Å²) >= 11 is 1.54. The number of nitrogens with one attached hydrogen (secondary N) is 6. The summed E-state index contributed by atoms with van der Waals surface area (Å²) in [7, 11) is 0. The molecule has 13 nitrogen and oxygen atoms in total. The summed E-state index contributed by atoms with van der Waals surface area (Å²) in [6, 6.07) is 20.4. The van der Waals surface area contributed by atoms with Crippen LogP contribution in [0.25, 0.3) is 21.0 Å². The fraction of sp³-hybridized carbons (Fsp3) is 0.341. The van der Waals surface area contributed by atoms with Gasteiger partial charge in [-0.1, -0.05) is 73.7 Å². The van der Waals surface area contributed by atoms with Crippen LogP contribution in [0.1, 0.15) is 42.9 Å². The van der Waals surface area contributed by atoms with E-state index in [9.17, 15) is 24.0 Å². The normalized spacial score (nSPS) is 16.0. The molecule has 288 valence electrons. The third kappa shape index (κ3) is 9.39. The van der Waals surface area contributed by atoms with Crippen molar-refractivity contribution in [3.63, 3.8) is 0 Å². The first-order valence-corrected chi connectivity index (χ1v) is 19.5. The average Bonchev–Trinajstić information content (AvgIpc) is 3.81. The molecule has 3 heterocycles. The Hall–Kier alpha value is -5.57. The summed E-state index contributed by atoms with van der Waals surface area (Å²) < 4.78 is 1.04. The molecular formula is C41H48N8O5S. The Morgan fingerprint density at radius 2 is 1.31 bits per heavy atom. The predicted octanol–water partition coefficient (Wildman–Crippen LogP) is 2.33. The lowest BCUT2D eigenvalue weighted by Gasteiger charge is -2.36. The molecule has 1 fully saturated rings. The number of para-hydroxylation sites is 1. The second-order valence-electron chi connectivity index (χ2n) is 14.1. The molecule has 0 bridgehead atoms. The number of primary amides is 1. The van der Waals surface area contributed by atoms with Gasteiger partial charge in [0.05, 0.1) is 6.04 Å². The van der Waals surface area contributed by atoms with E-state index in [0.717, 1.165) is 37.7 Å². The van der Waals surface area contributed by atoms with Gasteiger partial charge in [-0.15, -0.1) is 11.3 Å². The molecule has 5 aromatic rings. The Bertz CT molecular complexity index is 2140. The van der Waals surface area contributed by atoms with E-state index in [1.807, 2.05) is 84.2 Å². The first kappa shape index (κ1) is 39.1. The van der Waals surface area contributed by atoms with E-state index >= 15 is 0 Å². The van der Waals surface area contributed by atoms with Crippen molar-refractivity contribution in [3.05, 3.63) is 107 Å².